The van der Waals surface area contributed by atoms with E-state index in [1.807, 2.05) is 72.0 Å². The molecule has 262 valence electrons. The fraction of sp³-hybridized carbons (Fsp3) is 0. The number of thiophene rings is 1. The summed E-state index contributed by atoms with van der Waals surface area (Å²) in [7, 11) is 0. The summed E-state index contributed by atoms with van der Waals surface area (Å²) in [6, 6.07) is 68.8. The van der Waals surface area contributed by atoms with Gasteiger partial charge in [0.1, 0.15) is 0 Å². The third kappa shape index (κ3) is 5.56. The molecule has 0 atom stereocenters. The topological polar surface area (TPSA) is 43.6 Å². The summed E-state index contributed by atoms with van der Waals surface area (Å²) in [5.41, 5.74) is 11.3. The maximum absolute atomic E-state index is 4.98. The highest BCUT2D eigenvalue weighted by Crippen LogP contribution is 2.40. The lowest BCUT2D eigenvalue weighted by atomic mass is 10.0. The molecule has 0 saturated heterocycles. The Morgan fingerprint density at radius 2 is 0.750 bits per heavy atom. The molecule has 0 aliphatic heterocycles. The van der Waals surface area contributed by atoms with Crippen LogP contribution in [-0.4, -0.2) is 19.5 Å². The predicted octanol–water partition coefficient (Wildman–Crippen LogP) is 13.7. The molecule has 0 aliphatic rings. The summed E-state index contributed by atoms with van der Waals surface area (Å²) >= 11 is 1.81. The Hall–Kier alpha value is -7.21. The van der Waals surface area contributed by atoms with Crippen molar-refractivity contribution >= 4 is 53.3 Å². The first-order valence-corrected chi connectivity index (χ1v) is 19.6. The third-order valence-corrected chi connectivity index (χ3v) is 11.8. The van der Waals surface area contributed by atoms with Crippen molar-refractivity contribution in [2.45, 2.75) is 0 Å². The molecule has 0 radical (unpaired) electrons. The van der Waals surface area contributed by atoms with Crippen LogP contribution in [0.5, 0.6) is 0 Å². The van der Waals surface area contributed by atoms with Gasteiger partial charge in [0.25, 0.3) is 0 Å². The van der Waals surface area contributed by atoms with Crippen LogP contribution in [0, 0.1) is 0 Å². The molecule has 3 heterocycles. The average Bonchev–Trinajstić information content (AvgIpc) is 3.81. The molecule has 0 bridgehead atoms. The number of fused-ring (bicyclic) bond motifs is 6. The zero-order chi connectivity index (χ0) is 37.0. The van der Waals surface area contributed by atoms with Gasteiger partial charge in [-0.3, -0.25) is 0 Å². The molecule has 0 unspecified atom stereocenters. The third-order valence-electron chi connectivity index (χ3n) is 10.7. The van der Waals surface area contributed by atoms with Crippen LogP contribution in [0.25, 0.3) is 104 Å². The van der Waals surface area contributed by atoms with E-state index in [2.05, 4.69) is 138 Å². The smallest absolute Gasteiger partial charge is 0.164 e. The van der Waals surface area contributed by atoms with Gasteiger partial charge in [-0.15, -0.1) is 11.3 Å². The Morgan fingerprint density at radius 1 is 0.304 bits per heavy atom. The number of hydrogen-bond donors (Lipinski definition) is 0. The molecular formula is C51H32N4S. The van der Waals surface area contributed by atoms with Gasteiger partial charge in [0, 0.05) is 53.3 Å². The SMILES string of the molecule is c1ccc(-c2ccc(-n3c4ccccc4c4cc(-c5ccc6c(c5)sc5cc(-c7nc(-c8ccccc8)nc(-c8ccccc8)n7)ccc56)ccc43)cc2)cc1. The van der Waals surface area contributed by atoms with Gasteiger partial charge in [-0.05, 0) is 64.7 Å². The van der Waals surface area contributed by atoms with Crippen molar-refractivity contribution in [3.63, 3.8) is 0 Å². The number of nitrogens with zero attached hydrogens (tertiary/aromatic N) is 4. The standard InChI is InChI=1S/C51H32N4S/c1-4-12-33(13-5-1)34-20-25-40(26-21-34)55-45-19-11-10-18-41(45)44-30-37(24-29-46(44)55)38-22-27-42-43-28-23-39(32-48(43)56-47(42)31-38)51-53-49(35-14-6-2-7-15-35)52-50(54-51)36-16-8-3-9-17-36/h1-32H. The lowest BCUT2D eigenvalue weighted by Gasteiger charge is -2.10. The summed E-state index contributed by atoms with van der Waals surface area (Å²) < 4.78 is 4.84. The Kier molecular flexibility index (Phi) is 7.64. The van der Waals surface area contributed by atoms with E-state index < -0.39 is 0 Å². The van der Waals surface area contributed by atoms with Crippen molar-refractivity contribution in [1.82, 2.24) is 19.5 Å². The molecular weight excluding hydrogens is 701 g/mol. The van der Waals surface area contributed by atoms with E-state index in [-0.39, 0.29) is 0 Å². The largest absolute Gasteiger partial charge is 0.309 e. The highest BCUT2D eigenvalue weighted by molar-refractivity contribution is 7.25. The monoisotopic (exact) mass is 732 g/mol. The highest BCUT2D eigenvalue weighted by atomic mass is 32.1. The Labute approximate surface area is 327 Å². The van der Waals surface area contributed by atoms with Gasteiger partial charge in [0.15, 0.2) is 17.5 Å². The first kappa shape index (κ1) is 32.2. The van der Waals surface area contributed by atoms with Crippen molar-refractivity contribution in [3.05, 3.63) is 194 Å². The fourth-order valence-corrected chi connectivity index (χ4v) is 9.08. The molecule has 56 heavy (non-hydrogen) atoms. The molecule has 0 fully saturated rings. The average molecular weight is 733 g/mol. The van der Waals surface area contributed by atoms with Crippen molar-refractivity contribution in [1.29, 1.82) is 0 Å². The van der Waals surface area contributed by atoms with Crippen LogP contribution in [0.3, 0.4) is 0 Å². The quantitative estimate of drug-likeness (QED) is 0.171. The minimum absolute atomic E-state index is 0.664. The molecule has 0 amide bonds. The highest BCUT2D eigenvalue weighted by Gasteiger charge is 2.16. The number of aromatic nitrogens is 4. The minimum atomic E-state index is 0.664. The molecule has 11 rings (SSSR count). The summed E-state index contributed by atoms with van der Waals surface area (Å²) in [5, 5.41) is 4.98. The van der Waals surface area contributed by atoms with Gasteiger partial charge in [0.2, 0.25) is 0 Å². The number of benzene rings is 8. The Morgan fingerprint density at radius 3 is 1.39 bits per heavy atom. The van der Waals surface area contributed by atoms with Crippen LogP contribution in [-0.2, 0) is 0 Å². The second kappa shape index (κ2) is 13.3. The second-order valence-corrected chi connectivity index (χ2v) is 15.1. The van der Waals surface area contributed by atoms with E-state index in [9.17, 15) is 0 Å². The number of para-hydroxylation sites is 1. The fourth-order valence-electron chi connectivity index (χ4n) is 7.90. The maximum atomic E-state index is 4.98. The number of rotatable bonds is 6. The van der Waals surface area contributed by atoms with E-state index in [1.165, 1.54) is 64.2 Å². The van der Waals surface area contributed by atoms with Crippen LogP contribution in [0.1, 0.15) is 0 Å². The lowest BCUT2D eigenvalue weighted by Crippen LogP contribution is -1.99. The Bertz CT molecular complexity index is 3160. The van der Waals surface area contributed by atoms with Crippen molar-refractivity contribution in [2.24, 2.45) is 0 Å². The van der Waals surface area contributed by atoms with Gasteiger partial charge in [-0.1, -0.05) is 152 Å². The first-order valence-electron chi connectivity index (χ1n) is 18.8. The van der Waals surface area contributed by atoms with Gasteiger partial charge >= 0.3 is 0 Å². The van der Waals surface area contributed by atoms with Crippen LogP contribution in [0.4, 0.5) is 0 Å². The zero-order valence-corrected chi connectivity index (χ0v) is 31.0. The molecule has 0 spiro atoms. The Balaban J connectivity index is 0.977. The molecule has 3 aromatic heterocycles. The van der Waals surface area contributed by atoms with Crippen LogP contribution in [0.2, 0.25) is 0 Å². The molecule has 0 aliphatic carbocycles. The normalized spacial score (nSPS) is 11.6. The van der Waals surface area contributed by atoms with E-state index in [0.717, 1.165) is 22.4 Å². The summed E-state index contributed by atoms with van der Waals surface area (Å²) in [6.45, 7) is 0. The van der Waals surface area contributed by atoms with Gasteiger partial charge in [0.05, 0.1) is 11.0 Å². The van der Waals surface area contributed by atoms with E-state index in [0.29, 0.717) is 17.5 Å². The zero-order valence-electron chi connectivity index (χ0n) is 30.2. The molecule has 5 heteroatoms. The van der Waals surface area contributed by atoms with Crippen LogP contribution >= 0.6 is 11.3 Å². The minimum Gasteiger partial charge on any atom is -0.309 e. The molecule has 0 N–H and O–H groups in total. The molecule has 11 aromatic rings. The van der Waals surface area contributed by atoms with Gasteiger partial charge in [-0.25, -0.2) is 15.0 Å². The molecule has 8 aromatic carbocycles. The predicted molar refractivity (Wildman–Crippen MR) is 234 cm³/mol. The first-order chi connectivity index (χ1) is 27.7. The molecule has 4 nitrogen and oxygen atoms in total. The van der Waals surface area contributed by atoms with Crippen molar-refractivity contribution in [3.8, 4) is 62.1 Å². The molecule has 0 saturated carbocycles. The van der Waals surface area contributed by atoms with Crippen LogP contribution < -0.4 is 0 Å². The van der Waals surface area contributed by atoms with Crippen molar-refractivity contribution in [2.75, 3.05) is 0 Å². The summed E-state index contributed by atoms with van der Waals surface area (Å²) in [4.78, 5) is 14.8. The van der Waals surface area contributed by atoms with E-state index in [1.54, 1.807) is 0 Å². The van der Waals surface area contributed by atoms with E-state index >= 15 is 0 Å². The second-order valence-electron chi connectivity index (χ2n) is 14.1. The number of hydrogen-bond acceptors (Lipinski definition) is 4. The van der Waals surface area contributed by atoms with E-state index in [4.69, 9.17) is 15.0 Å². The summed E-state index contributed by atoms with van der Waals surface area (Å²) in [6.07, 6.45) is 0. The maximum Gasteiger partial charge on any atom is 0.164 e. The van der Waals surface area contributed by atoms with Crippen LogP contribution in [0.15, 0.2) is 194 Å². The lowest BCUT2D eigenvalue weighted by molar-refractivity contribution is 1.07. The summed E-state index contributed by atoms with van der Waals surface area (Å²) in [5.74, 6) is 1.99. The van der Waals surface area contributed by atoms with Crippen molar-refractivity contribution < 1.29 is 0 Å². The van der Waals surface area contributed by atoms with Gasteiger partial charge < -0.3 is 4.57 Å². The van der Waals surface area contributed by atoms with Gasteiger partial charge in [-0.2, -0.15) is 0 Å².